The smallest absolute Gasteiger partial charge is 0.0987 e. The molecule has 1 heterocycles. The Kier molecular flexibility index (Phi) is 3.29. The van der Waals surface area contributed by atoms with Crippen LogP contribution in [0.15, 0.2) is 6.07 Å². The van der Waals surface area contributed by atoms with Crippen molar-refractivity contribution in [1.82, 2.24) is 0 Å². The minimum Gasteiger partial charge on any atom is -0.387 e. The predicted octanol–water partition coefficient (Wildman–Crippen LogP) is 3.73. The second kappa shape index (κ2) is 4.44. The van der Waals surface area contributed by atoms with Crippen LogP contribution < -0.4 is 0 Å². The van der Waals surface area contributed by atoms with E-state index >= 15 is 0 Å². The van der Waals surface area contributed by atoms with Gasteiger partial charge in [-0.1, -0.05) is 6.92 Å². The van der Waals surface area contributed by atoms with Gasteiger partial charge in [0.15, 0.2) is 0 Å². The van der Waals surface area contributed by atoms with E-state index in [0.29, 0.717) is 5.92 Å². The topological polar surface area (TPSA) is 44.0 Å². The van der Waals surface area contributed by atoms with E-state index in [1.807, 2.05) is 19.9 Å². The number of aliphatic hydroxyl groups is 1. The molecule has 1 fully saturated rings. The maximum Gasteiger partial charge on any atom is 0.0987 e. The lowest BCUT2D eigenvalue weighted by Crippen LogP contribution is -2.24. The van der Waals surface area contributed by atoms with E-state index in [0.717, 1.165) is 29.7 Å². The molecule has 1 aromatic heterocycles. The normalized spacial score (nSPS) is 30.2. The average Bonchev–Trinajstić information content (AvgIpc) is 2.82. The SMILES string of the molecule is Cc1cc(C(O)C2(C#N)CCC(C)C2)c(C)s1. The molecule has 17 heavy (non-hydrogen) atoms. The van der Waals surface area contributed by atoms with E-state index in [-0.39, 0.29) is 0 Å². The highest BCUT2D eigenvalue weighted by molar-refractivity contribution is 7.12. The molecule has 3 heteroatoms. The number of nitriles is 1. The fourth-order valence-electron chi connectivity index (χ4n) is 2.96. The molecular weight excluding hydrogens is 230 g/mol. The number of nitrogens with zero attached hydrogens (tertiary/aromatic N) is 1. The van der Waals surface area contributed by atoms with Crippen molar-refractivity contribution in [3.63, 3.8) is 0 Å². The van der Waals surface area contributed by atoms with Crippen LogP contribution in [-0.2, 0) is 0 Å². The van der Waals surface area contributed by atoms with Gasteiger partial charge in [0.05, 0.1) is 17.6 Å². The third-order valence-electron chi connectivity index (χ3n) is 3.92. The Hall–Kier alpha value is -0.850. The van der Waals surface area contributed by atoms with Crippen molar-refractivity contribution >= 4 is 11.3 Å². The summed E-state index contributed by atoms with van der Waals surface area (Å²) >= 11 is 1.70. The molecule has 2 rings (SSSR count). The molecule has 0 amide bonds. The zero-order valence-corrected chi connectivity index (χ0v) is 11.5. The van der Waals surface area contributed by atoms with Gasteiger partial charge in [0, 0.05) is 9.75 Å². The third-order valence-corrected chi connectivity index (χ3v) is 4.90. The van der Waals surface area contributed by atoms with E-state index in [9.17, 15) is 10.4 Å². The second-order valence-corrected chi connectivity index (χ2v) is 6.85. The molecule has 0 bridgehead atoms. The summed E-state index contributed by atoms with van der Waals surface area (Å²) in [6.07, 6.45) is 2.06. The lowest BCUT2D eigenvalue weighted by molar-refractivity contribution is 0.0646. The summed E-state index contributed by atoms with van der Waals surface area (Å²) < 4.78 is 0. The van der Waals surface area contributed by atoms with Gasteiger partial charge in [0.1, 0.15) is 0 Å². The summed E-state index contributed by atoms with van der Waals surface area (Å²) in [4.78, 5) is 2.35. The summed E-state index contributed by atoms with van der Waals surface area (Å²) in [5.74, 6) is 0.546. The molecule has 1 N–H and O–H groups in total. The number of hydrogen-bond acceptors (Lipinski definition) is 3. The number of aliphatic hydroxyl groups excluding tert-OH is 1. The van der Waals surface area contributed by atoms with Crippen LogP contribution in [0.3, 0.4) is 0 Å². The van der Waals surface area contributed by atoms with Gasteiger partial charge in [-0.15, -0.1) is 11.3 Å². The number of hydrogen-bond donors (Lipinski definition) is 1. The summed E-state index contributed by atoms with van der Waals surface area (Å²) in [6, 6.07) is 4.43. The van der Waals surface area contributed by atoms with Crippen LogP contribution in [0.1, 0.15) is 47.6 Å². The first kappa shape index (κ1) is 12.6. The molecule has 0 radical (unpaired) electrons. The van der Waals surface area contributed by atoms with Gasteiger partial charge in [-0.05, 0) is 50.7 Å². The number of thiophene rings is 1. The largest absolute Gasteiger partial charge is 0.387 e. The summed E-state index contributed by atoms with van der Waals surface area (Å²) in [5, 5.41) is 20.0. The van der Waals surface area contributed by atoms with Crippen LogP contribution in [0.4, 0.5) is 0 Å². The first-order valence-corrected chi connectivity index (χ1v) is 6.96. The van der Waals surface area contributed by atoms with Gasteiger partial charge in [-0.3, -0.25) is 0 Å². The molecular formula is C14H19NOS. The summed E-state index contributed by atoms with van der Waals surface area (Å²) in [5.41, 5.74) is 0.403. The van der Waals surface area contributed by atoms with Gasteiger partial charge < -0.3 is 5.11 Å². The lowest BCUT2D eigenvalue weighted by atomic mass is 9.78. The van der Waals surface area contributed by atoms with Crippen LogP contribution in [0.25, 0.3) is 0 Å². The quantitative estimate of drug-likeness (QED) is 0.868. The van der Waals surface area contributed by atoms with Crippen molar-refractivity contribution in [1.29, 1.82) is 5.26 Å². The van der Waals surface area contributed by atoms with Crippen molar-refractivity contribution in [3.05, 3.63) is 21.4 Å². The average molecular weight is 249 g/mol. The van der Waals surface area contributed by atoms with Gasteiger partial charge in [-0.25, -0.2) is 0 Å². The van der Waals surface area contributed by atoms with E-state index < -0.39 is 11.5 Å². The Morgan fingerprint density at radius 1 is 1.59 bits per heavy atom. The Balaban J connectivity index is 2.33. The van der Waals surface area contributed by atoms with Gasteiger partial charge in [0.25, 0.3) is 0 Å². The van der Waals surface area contributed by atoms with Crippen LogP contribution >= 0.6 is 11.3 Å². The highest BCUT2D eigenvalue weighted by Crippen LogP contribution is 2.50. The maximum atomic E-state index is 10.6. The standard InChI is InChI=1S/C14H19NOS/c1-9-4-5-14(7-9,8-15)13(16)12-6-10(2)17-11(12)3/h6,9,13,16H,4-5,7H2,1-3H3. The van der Waals surface area contributed by atoms with Crippen molar-refractivity contribution in [2.24, 2.45) is 11.3 Å². The fourth-order valence-corrected chi connectivity index (χ4v) is 3.92. The zero-order valence-electron chi connectivity index (χ0n) is 10.7. The maximum absolute atomic E-state index is 10.6. The van der Waals surface area contributed by atoms with Gasteiger partial charge >= 0.3 is 0 Å². The van der Waals surface area contributed by atoms with Gasteiger partial charge in [0.2, 0.25) is 0 Å². The molecule has 1 aliphatic carbocycles. The van der Waals surface area contributed by atoms with Crippen molar-refractivity contribution in [2.45, 2.75) is 46.1 Å². The Bertz CT molecular complexity index is 459. The van der Waals surface area contributed by atoms with Crippen LogP contribution in [-0.4, -0.2) is 5.11 Å². The predicted molar refractivity (Wildman–Crippen MR) is 69.8 cm³/mol. The van der Waals surface area contributed by atoms with Crippen molar-refractivity contribution in [3.8, 4) is 6.07 Å². The van der Waals surface area contributed by atoms with Crippen LogP contribution in [0.5, 0.6) is 0 Å². The molecule has 0 spiro atoms. The number of rotatable bonds is 2. The van der Waals surface area contributed by atoms with Crippen LogP contribution in [0.2, 0.25) is 0 Å². The van der Waals surface area contributed by atoms with Crippen molar-refractivity contribution < 1.29 is 5.11 Å². The Labute approximate surface area is 107 Å². The first-order chi connectivity index (χ1) is 7.98. The van der Waals surface area contributed by atoms with E-state index in [1.54, 1.807) is 11.3 Å². The summed E-state index contributed by atoms with van der Waals surface area (Å²) in [6.45, 7) is 6.24. The third kappa shape index (κ3) is 2.12. The highest BCUT2D eigenvalue weighted by atomic mass is 32.1. The molecule has 0 aromatic carbocycles. The second-order valence-electron chi connectivity index (χ2n) is 5.39. The highest BCUT2D eigenvalue weighted by Gasteiger charge is 2.45. The van der Waals surface area contributed by atoms with Gasteiger partial charge in [-0.2, -0.15) is 5.26 Å². The molecule has 1 saturated carbocycles. The molecule has 1 aromatic rings. The van der Waals surface area contributed by atoms with E-state index in [2.05, 4.69) is 13.0 Å². The number of aryl methyl sites for hydroxylation is 2. The zero-order chi connectivity index (χ0) is 12.6. The van der Waals surface area contributed by atoms with Crippen LogP contribution in [0, 0.1) is 36.5 Å². The minimum atomic E-state index is -0.623. The minimum absolute atomic E-state index is 0.546. The summed E-state index contributed by atoms with van der Waals surface area (Å²) in [7, 11) is 0. The van der Waals surface area contributed by atoms with E-state index in [1.165, 1.54) is 4.88 Å². The molecule has 92 valence electrons. The lowest BCUT2D eigenvalue weighted by Gasteiger charge is -2.27. The van der Waals surface area contributed by atoms with E-state index in [4.69, 9.17) is 0 Å². The molecule has 1 aliphatic rings. The Morgan fingerprint density at radius 2 is 2.29 bits per heavy atom. The molecule has 3 unspecified atom stereocenters. The first-order valence-electron chi connectivity index (χ1n) is 6.15. The molecule has 0 aliphatic heterocycles. The van der Waals surface area contributed by atoms with Crippen molar-refractivity contribution in [2.75, 3.05) is 0 Å². The molecule has 2 nitrogen and oxygen atoms in total. The Morgan fingerprint density at radius 3 is 2.71 bits per heavy atom. The molecule has 0 saturated heterocycles. The fraction of sp³-hybridized carbons (Fsp3) is 0.643. The molecule has 3 atom stereocenters. The monoisotopic (exact) mass is 249 g/mol.